The Balaban J connectivity index is 1.18. The number of nitrogens with one attached hydrogen (secondary N) is 2. The average molecular weight is 478 g/mol. The van der Waals surface area contributed by atoms with E-state index in [1.165, 1.54) is 11.3 Å². The number of thioether (sulfide) groups is 1. The van der Waals surface area contributed by atoms with Gasteiger partial charge >= 0.3 is 0 Å². The Hall–Kier alpha value is -3.63. The van der Waals surface area contributed by atoms with Crippen molar-refractivity contribution in [1.29, 1.82) is 0 Å². The molecule has 10 heteroatoms. The van der Waals surface area contributed by atoms with Crippen molar-refractivity contribution < 1.29 is 14.3 Å². The highest BCUT2D eigenvalue weighted by Gasteiger charge is 2.22. The lowest BCUT2D eigenvalue weighted by molar-refractivity contribution is 0.0849. The molecule has 166 valence electrons. The monoisotopic (exact) mass is 477 g/mol. The van der Waals surface area contributed by atoms with Gasteiger partial charge in [0.05, 0.1) is 4.88 Å². The maximum Gasteiger partial charge on any atom is 0.279 e. The predicted octanol–water partition coefficient (Wildman–Crippen LogP) is 3.80. The van der Waals surface area contributed by atoms with E-state index < -0.39 is 0 Å². The SMILES string of the molecule is Cn1cnnc1SCc1ccc(C(=O)NNC(=O)c2cc3c(s2)-c2ccccc2OC3)cc1. The molecule has 0 unspecified atom stereocenters. The number of ether oxygens (including phenoxy) is 1. The number of para-hydroxylation sites is 1. The number of benzene rings is 2. The van der Waals surface area contributed by atoms with Crippen LogP contribution in [-0.2, 0) is 19.4 Å². The number of hydrogen-bond acceptors (Lipinski definition) is 7. The van der Waals surface area contributed by atoms with Crippen LogP contribution in [0, 0.1) is 0 Å². The zero-order chi connectivity index (χ0) is 22.8. The maximum atomic E-state index is 12.6. The van der Waals surface area contributed by atoms with Gasteiger partial charge in [-0.05, 0) is 35.9 Å². The fourth-order valence-corrected chi connectivity index (χ4v) is 5.30. The number of aryl methyl sites for hydroxylation is 1. The number of fused-ring (bicyclic) bond motifs is 3. The highest BCUT2D eigenvalue weighted by atomic mass is 32.2. The molecule has 0 saturated carbocycles. The Bertz CT molecular complexity index is 1330. The first-order chi connectivity index (χ1) is 16.1. The fraction of sp³-hybridized carbons (Fsp3) is 0.130. The minimum Gasteiger partial charge on any atom is -0.488 e. The summed E-state index contributed by atoms with van der Waals surface area (Å²) in [6.45, 7) is 0.420. The molecule has 8 nitrogen and oxygen atoms in total. The lowest BCUT2D eigenvalue weighted by Gasteiger charge is -2.16. The van der Waals surface area contributed by atoms with E-state index in [4.69, 9.17) is 4.74 Å². The van der Waals surface area contributed by atoms with E-state index in [9.17, 15) is 9.59 Å². The number of carbonyl (C=O) groups is 2. The summed E-state index contributed by atoms with van der Waals surface area (Å²) in [5.41, 5.74) is 8.44. The van der Waals surface area contributed by atoms with Gasteiger partial charge in [-0.15, -0.1) is 21.5 Å². The summed E-state index contributed by atoms with van der Waals surface area (Å²) in [6.07, 6.45) is 1.65. The van der Waals surface area contributed by atoms with Gasteiger partial charge in [0.2, 0.25) is 0 Å². The quantitative estimate of drug-likeness (QED) is 0.335. The number of carbonyl (C=O) groups excluding carboxylic acids is 2. The third-order valence-electron chi connectivity index (χ3n) is 5.09. The Kier molecular flexibility index (Phi) is 5.84. The molecule has 33 heavy (non-hydrogen) atoms. The topological polar surface area (TPSA) is 98.1 Å². The first-order valence-corrected chi connectivity index (χ1v) is 11.9. The fourth-order valence-electron chi connectivity index (χ4n) is 3.36. The van der Waals surface area contributed by atoms with Crippen molar-refractivity contribution in [3.63, 3.8) is 0 Å². The summed E-state index contributed by atoms with van der Waals surface area (Å²) in [7, 11) is 1.89. The second-order valence-corrected chi connectivity index (χ2v) is 9.36. The molecule has 3 heterocycles. The predicted molar refractivity (Wildman–Crippen MR) is 126 cm³/mol. The summed E-state index contributed by atoms with van der Waals surface area (Å²) < 4.78 is 7.60. The minimum absolute atomic E-state index is 0.364. The van der Waals surface area contributed by atoms with Crippen molar-refractivity contribution in [3.05, 3.63) is 82.5 Å². The summed E-state index contributed by atoms with van der Waals surface area (Å²) in [6, 6.07) is 16.8. The largest absolute Gasteiger partial charge is 0.488 e. The second-order valence-electron chi connectivity index (χ2n) is 7.37. The molecule has 5 rings (SSSR count). The van der Waals surface area contributed by atoms with Crippen LogP contribution in [0.5, 0.6) is 5.75 Å². The number of thiophene rings is 1. The Morgan fingerprint density at radius 2 is 1.91 bits per heavy atom. The van der Waals surface area contributed by atoms with Gasteiger partial charge in [0.25, 0.3) is 11.8 Å². The minimum atomic E-state index is -0.383. The molecule has 0 bridgehead atoms. The van der Waals surface area contributed by atoms with Gasteiger partial charge in [-0.1, -0.05) is 36.0 Å². The number of hydrogen-bond donors (Lipinski definition) is 2. The highest BCUT2D eigenvalue weighted by Crippen LogP contribution is 2.42. The number of nitrogens with zero attached hydrogens (tertiary/aromatic N) is 3. The van der Waals surface area contributed by atoms with Crippen molar-refractivity contribution in [2.75, 3.05) is 0 Å². The van der Waals surface area contributed by atoms with Gasteiger partial charge in [0, 0.05) is 34.4 Å². The molecule has 4 aromatic rings. The van der Waals surface area contributed by atoms with Crippen molar-refractivity contribution in [2.45, 2.75) is 17.5 Å². The van der Waals surface area contributed by atoms with E-state index in [-0.39, 0.29) is 11.8 Å². The van der Waals surface area contributed by atoms with Crippen molar-refractivity contribution in [1.82, 2.24) is 25.6 Å². The molecule has 2 aromatic heterocycles. The van der Waals surface area contributed by atoms with Gasteiger partial charge in [-0.3, -0.25) is 20.4 Å². The van der Waals surface area contributed by atoms with Gasteiger partial charge in [-0.2, -0.15) is 0 Å². The van der Waals surface area contributed by atoms with Crippen molar-refractivity contribution >= 4 is 34.9 Å². The zero-order valence-corrected chi connectivity index (χ0v) is 19.2. The number of amides is 2. The van der Waals surface area contributed by atoms with Crippen LogP contribution in [0.15, 0.2) is 66.1 Å². The molecule has 0 saturated heterocycles. The molecule has 0 atom stereocenters. The molecular formula is C23H19N5O3S2. The molecule has 2 N–H and O–H groups in total. The molecule has 0 fully saturated rings. The Morgan fingerprint density at radius 1 is 1.12 bits per heavy atom. The van der Waals surface area contributed by atoms with Crippen LogP contribution in [0.1, 0.15) is 31.2 Å². The molecular weight excluding hydrogens is 458 g/mol. The average Bonchev–Trinajstić information content (AvgIpc) is 3.47. The third kappa shape index (κ3) is 4.48. The van der Waals surface area contributed by atoms with Crippen LogP contribution in [-0.4, -0.2) is 26.6 Å². The van der Waals surface area contributed by atoms with Crippen LogP contribution in [0.4, 0.5) is 0 Å². The van der Waals surface area contributed by atoms with E-state index in [0.717, 1.165) is 32.5 Å². The van der Waals surface area contributed by atoms with E-state index in [1.54, 1.807) is 36.3 Å². The maximum absolute atomic E-state index is 12.6. The second kappa shape index (κ2) is 9.08. The first kappa shape index (κ1) is 21.2. The summed E-state index contributed by atoms with van der Waals surface area (Å²) in [4.78, 5) is 26.6. The van der Waals surface area contributed by atoms with Gasteiger partial charge in [-0.25, -0.2) is 0 Å². The Labute approximate surface area is 198 Å². The standard InChI is InChI=1S/C23H19N5O3S2/c1-28-13-24-27-23(28)32-12-14-6-8-15(9-7-14)21(29)25-26-22(30)19-10-16-11-31-18-5-3-2-4-17(18)20(16)33-19/h2-10,13H,11-12H2,1H3,(H,25,29)(H,26,30). The number of rotatable bonds is 5. The molecule has 0 spiro atoms. The molecule has 2 aromatic carbocycles. The summed E-state index contributed by atoms with van der Waals surface area (Å²) in [5, 5.41) is 8.72. The number of hydrazine groups is 1. The normalized spacial score (nSPS) is 11.8. The highest BCUT2D eigenvalue weighted by molar-refractivity contribution is 7.98. The molecule has 1 aliphatic heterocycles. The van der Waals surface area contributed by atoms with Crippen LogP contribution in [0.2, 0.25) is 0 Å². The summed E-state index contributed by atoms with van der Waals surface area (Å²) >= 11 is 2.95. The number of aromatic nitrogens is 3. The smallest absolute Gasteiger partial charge is 0.279 e. The van der Waals surface area contributed by atoms with Crippen LogP contribution >= 0.6 is 23.1 Å². The van der Waals surface area contributed by atoms with E-state index in [0.29, 0.717) is 22.8 Å². The zero-order valence-electron chi connectivity index (χ0n) is 17.6. The molecule has 2 amide bonds. The molecule has 0 aliphatic carbocycles. The van der Waals surface area contributed by atoms with E-state index >= 15 is 0 Å². The lowest BCUT2D eigenvalue weighted by atomic mass is 10.1. The molecule has 1 aliphatic rings. The van der Waals surface area contributed by atoms with Gasteiger partial charge in [0.1, 0.15) is 18.7 Å². The summed E-state index contributed by atoms with van der Waals surface area (Å²) in [5.74, 6) is 0.773. The van der Waals surface area contributed by atoms with Gasteiger partial charge in [0.15, 0.2) is 5.16 Å². The Morgan fingerprint density at radius 3 is 2.70 bits per heavy atom. The third-order valence-corrected chi connectivity index (χ3v) is 7.41. The first-order valence-electron chi connectivity index (χ1n) is 10.1. The van der Waals surface area contributed by atoms with E-state index in [2.05, 4.69) is 21.0 Å². The van der Waals surface area contributed by atoms with Crippen LogP contribution in [0.3, 0.4) is 0 Å². The van der Waals surface area contributed by atoms with Crippen LogP contribution < -0.4 is 15.6 Å². The molecule has 0 radical (unpaired) electrons. The lowest BCUT2D eigenvalue weighted by Crippen LogP contribution is -2.41. The van der Waals surface area contributed by atoms with Crippen LogP contribution in [0.25, 0.3) is 10.4 Å². The van der Waals surface area contributed by atoms with Gasteiger partial charge < -0.3 is 9.30 Å². The van der Waals surface area contributed by atoms with Crippen molar-refractivity contribution in [3.8, 4) is 16.2 Å². The van der Waals surface area contributed by atoms with E-state index in [1.807, 2.05) is 48.0 Å². The van der Waals surface area contributed by atoms with Crippen molar-refractivity contribution in [2.24, 2.45) is 7.05 Å².